The summed E-state index contributed by atoms with van der Waals surface area (Å²) >= 11 is 0. The lowest BCUT2D eigenvalue weighted by molar-refractivity contribution is -0.192. The van der Waals surface area contributed by atoms with Crippen molar-refractivity contribution in [3.8, 4) is 0 Å². The Labute approximate surface area is 202 Å². The van der Waals surface area contributed by atoms with Crippen LogP contribution in [0, 0.1) is 6.92 Å². The van der Waals surface area contributed by atoms with Gasteiger partial charge in [0.2, 0.25) is 5.91 Å². The first kappa shape index (κ1) is 26.0. The third-order valence-corrected chi connectivity index (χ3v) is 5.62. The van der Waals surface area contributed by atoms with Crippen LogP contribution in [-0.4, -0.2) is 36.2 Å². The van der Waals surface area contributed by atoms with E-state index in [0.29, 0.717) is 6.54 Å². The molecule has 0 fully saturated rings. The zero-order valence-corrected chi connectivity index (χ0v) is 19.3. The molecule has 4 rings (SSSR count). The van der Waals surface area contributed by atoms with Crippen LogP contribution in [0.15, 0.2) is 78.9 Å². The Hall–Kier alpha value is -3.65. The second-order valence-corrected chi connectivity index (χ2v) is 8.22. The molecule has 0 unspecified atom stereocenters. The van der Waals surface area contributed by atoms with Gasteiger partial charge in [-0.3, -0.25) is 10.1 Å². The second kappa shape index (κ2) is 11.7. The summed E-state index contributed by atoms with van der Waals surface area (Å²) in [6.07, 6.45) is -3.02. The van der Waals surface area contributed by atoms with Gasteiger partial charge in [-0.1, -0.05) is 78.4 Å². The number of carboxylic acid groups (broad SMARTS) is 1. The highest BCUT2D eigenvalue weighted by atomic mass is 19.4. The fraction of sp³-hybridized carbons (Fsp3) is 0.259. The number of carbonyl (C=O) groups excluding carboxylic acids is 1. The number of benzene rings is 3. The van der Waals surface area contributed by atoms with Gasteiger partial charge in [0.25, 0.3) is 0 Å². The second-order valence-electron chi connectivity index (χ2n) is 8.22. The molecule has 0 bridgehead atoms. The number of nitrogens with zero attached hydrogens (tertiary/aromatic N) is 1. The molecule has 3 aromatic carbocycles. The summed E-state index contributed by atoms with van der Waals surface area (Å²) in [5.74, 6) is -2.63. The highest BCUT2D eigenvalue weighted by Gasteiger charge is 2.38. The first-order valence-electron chi connectivity index (χ1n) is 11.2. The van der Waals surface area contributed by atoms with Gasteiger partial charge in [-0.25, -0.2) is 4.79 Å². The Morgan fingerprint density at radius 2 is 1.51 bits per heavy atom. The number of amides is 1. The van der Waals surface area contributed by atoms with Crippen molar-refractivity contribution in [3.63, 3.8) is 0 Å². The third kappa shape index (κ3) is 7.16. The molecular formula is C27H27F3N2O3. The highest BCUT2D eigenvalue weighted by Crippen LogP contribution is 2.28. The summed E-state index contributed by atoms with van der Waals surface area (Å²) in [7, 11) is 0. The van der Waals surface area contributed by atoms with Crippen molar-refractivity contribution in [2.45, 2.75) is 32.0 Å². The van der Waals surface area contributed by atoms with E-state index in [1.807, 2.05) is 41.3 Å². The predicted octanol–water partition coefficient (Wildman–Crippen LogP) is 5.29. The number of fused-ring (bicyclic) bond motifs is 1. The monoisotopic (exact) mass is 484 g/mol. The van der Waals surface area contributed by atoms with E-state index >= 15 is 0 Å². The summed E-state index contributed by atoms with van der Waals surface area (Å²) in [6.45, 7) is 3.20. The molecule has 0 saturated carbocycles. The van der Waals surface area contributed by atoms with Crippen LogP contribution in [0.1, 0.15) is 34.7 Å². The molecule has 0 aromatic heterocycles. The number of hydrogen-bond donors (Lipinski definition) is 2. The van der Waals surface area contributed by atoms with Crippen LogP contribution in [-0.2, 0) is 16.0 Å². The Kier molecular flexibility index (Phi) is 8.65. The van der Waals surface area contributed by atoms with Crippen molar-refractivity contribution in [2.75, 3.05) is 18.0 Å². The van der Waals surface area contributed by atoms with Gasteiger partial charge in [-0.05, 0) is 42.5 Å². The summed E-state index contributed by atoms with van der Waals surface area (Å²) in [5.41, 5.74) is 5.92. The highest BCUT2D eigenvalue weighted by molar-refractivity contribution is 5.96. The van der Waals surface area contributed by atoms with Crippen LogP contribution in [0.25, 0.3) is 0 Å². The number of rotatable bonds is 5. The van der Waals surface area contributed by atoms with E-state index in [1.165, 1.54) is 11.1 Å². The first-order chi connectivity index (χ1) is 16.7. The lowest BCUT2D eigenvalue weighted by Crippen LogP contribution is -2.42. The SMILES string of the molecule is Cc1ccc2c(c1)CCCN2C(=O)CNC(c1ccccc1)c1ccccc1.O=C(O)C(F)(F)F. The van der Waals surface area contributed by atoms with Crippen LogP contribution in [0.4, 0.5) is 18.9 Å². The third-order valence-electron chi connectivity index (χ3n) is 5.62. The van der Waals surface area contributed by atoms with Crippen molar-refractivity contribution in [3.05, 3.63) is 101 Å². The number of carboxylic acids is 1. The summed E-state index contributed by atoms with van der Waals surface area (Å²) in [4.78, 5) is 23.9. The van der Waals surface area contributed by atoms with E-state index in [1.54, 1.807) is 0 Å². The molecule has 3 aromatic rings. The zero-order valence-electron chi connectivity index (χ0n) is 19.3. The van der Waals surface area contributed by atoms with E-state index < -0.39 is 12.1 Å². The van der Waals surface area contributed by atoms with Crippen molar-refractivity contribution in [2.24, 2.45) is 0 Å². The Balaban J connectivity index is 0.000000429. The number of alkyl halides is 3. The number of aryl methyl sites for hydroxylation is 2. The fourth-order valence-corrected chi connectivity index (χ4v) is 3.99. The van der Waals surface area contributed by atoms with Crippen molar-refractivity contribution in [1.29, 1.82) is 0 Å². The van der Waals surface area contributed by atoms with Gasteiger partial charge >= 0.3 is 12.1 Å². The number of carbonyl (C=O) groups is 2. The van der Waals surface area contributed by atoms with E-state index in [-0.39, 0.29) is 11.9 Å². The molecule has 8 heteroatoms. The fourth-order valence-electron chi connectivity index (χ4n) is 3.99. The molecule has 5 nitrogen and oxygen atoms in total. The Bertz CT molecular complexity index is 1100. The lowest BCUT2D eigenvalue weighted by Gasteiger charge is -2.30. The normalized spacial score (nSPS) is 13.0. The van der Waals surface area contributed by atoms with Gasteiger partial charge in [-0.15, -0.1) is 0 Å². The van der Waals surface area contributed by atoms with E-state index in [9.17, 15) is 18.0 Å². The topological polar surface area (TPSA) is 69.6 Å². The molecule has 0 spiro atoms. The molecule has 184 valence electrons. The minimum atomic E-state index is -5.08. The van der Waals surface area contributed by atoms with Crippen LogP contribution >= 0.6 is 0 Å². The molecule has 35 heavy (non-hydrogen) atoms. The zero-order chi connectivity index (χ0) is 25.4. The van der Waals surface area contributed by atoms with Crippen molar-refractivity contribution in [1.82, 2.24) is 5.32 Å². The maximum atomic E-state index is 13.1. The van der Waals surface area contributed by atoms with E-state index in [4.69, 9.17) is 9.90 Å². The molecular weight excluding hydrogens is 457 g/mol. The number of aliphatic carboxylic acids is 1. The minimum Gasteiger partial charge on any atom is -0.475 e. The summed E-state index contributed by atoms with van der Waals surface area (Å²) < 4.78 is 31.7. The van der Waals surface area contributed by atoms with Gasteiger partial charge in [0, 0.05) is 12.2 Å². The molecule has 0 atom stereocenters. The maximum Gasteiger partial charge on any atom is 0.490 e. The minimum absolute atomic E-state index is 0.00590. The van der Waals surface area contributed by atoms with Crippen molar-refractivity contribution >= 4 is 17.6 Å². The first-order valence-corrected chi connectivity index (χ1v) is 11.2. The summed E-state index contributed by atoms with van der Waals surface area (Å²) in [6, 6.07) is 27.0. The van der Waals surface area contributed by atoms with Crippen LogP contribution in [0.5, 0.6) is 0 Å². The van der Waals surface area contributed by atoms with Crippen LogP contribution in [0.3, 0.4) is 0 Å². The average Bonchev–Trinajstić information content (AvgIpc) is 2.84. The number of halogens is 3. The van der Waals surface area contributed by atoms with Gasteiger partial charge in [0.15, 0.2) is 0 Å². The Morgan fingerprint density at radius 1 is 0.971 bits per heavy atom. The Morgan fingerprint density at radius 3 is 2.03 bits per heavy atom. The van der Waals surface area contributed by atoms with Crippen molar-refractivity contribution < 1.29 is 27.9 Å². The molecule has 0 saturated heterocycles. The quantitative estimate of drug-likeness (QED) is 0.517. The molecule has 0 radical (unpaired) electrons. The maximum absolute atomic E-state index is 13.1. The summed E-state index contributed by atoms with van der Waals surface area (Å²) in [5, 5.41) is 10.6. The lowest BCUT2D eigenvalue weighted by atomic mass is 9.98. The van der Waals surface area contributed by atoms with Crippen LogP contribution in [0.2, 0.25) is 0 Å². The number of nitrogens with one attached hydrogen (secondary N) is 1. The standard InChI is InChI=1S/C25H26N2O.C2HF3O2/c1-19-14-15-23-22(17-19)13-8-16-27(23)24(28)18-26-25(20-9-4-2-5-10-20)21-11-6-3-7-12-21;3-2(4,5)1(6)7/h2-7,9-12,14-15,17,25-26H,8,13,16,18H2,1H3;(H,6,7). The van der Waals surface area contributed by atoms with Gasteiger partial charge < -0.3 is 10.0 Å². The van der Waals surface area contributed by atoms with Gasteiger partial charge in [-0.2, -0.15) is 13.2 Å². The van der Waals surface area contributed by atoms with Gasteiger partial charge in [0.05, 0.1) is 12.6 Å². The van der Waals surface area contributed by atoms with E-state index in [2.05, 4.69) is 54.7 Å². The predicted molar refractivity (Wildman–Crippen MR) is 128 cm³/mol. The molecule has 1 heterocycles. The molecule has 0 aliphatic carbocycles. The smallest absolute Gasteiger partial charge is 0.475 e. The molecule has 2 N–H and O–H groups in total. The average molecular weight is 485 g/mol. The number of anilines is 1. The van der Waals surface area contributed by atoms with Gasteiger partial charge in [0.1, 0.15) is 0 Å². The molecule has 1 aliphatic rings. The van der Waals surface area contributed by atoms with E-state index in [0.717, 1.165) is 36.2 Å². The number of hydrogen-bond acceptors (Lipinski definition) is 3. The van der Waals surface area contributed by atoms with Crippen LogP contribution < -0.4 is 10.2 Å². The largest absolute Gasteiger partial charge is 0.490 e. The molecule has 1 amide bonds. The molecule has 1 aliphatic heterocycles.